The second-order valence-electron chi connectivity index (χ2n) is 7.20. The number of hydrogen-bond donors (Lipinski definition) is 1. The van der Waals surface area contributed by atoms with Crippen LogP contribution < -0.4 is 15.2 Å². The molecule has 28 heavy (non-hydrogen) atoms. The van der Waals surface area contributed by atoms with Gasteiger partial charge in [0.2, 0.25) is 0 Å². The maximum absolute atomic E-state index is 6.22. The molecule has 0 radical (unpaired) electrons. The van der Waals surface area contributed by atoms with Crippen molar-refractivity contribution in [3.8, 4) is 22.9 Å². The van der Waals surface area contributed by atoms with Gasteiger partial charge in [0.25, 0.3) is 0 Å². The largest absolute Gasteiger partial charge is 0.493 e. The van der Waals surface area contributed by atoms with E-state index in [0.717, 1.165) is 16.5 Å². The van der Waals surface area contributed by atoms with Crippen molar-refractivity contribution in [1.29, 1.82) is 0 Å². The first-order valence-corrected chi connectivity index (χ1v) is 9.64. The number of fused-ring (bicyclic) bond motifs is 1. The van der Waals surface area contributed by atoms with E-state index in [1.807, 2.05) is 12.1 Å². The monoisotopic (exact) mass is 378 g/mol. The summed E-state index contributed by atoms with van der Waals surface area (Å²) in [5.41, 5.74) is 9.20. The number of anilines is 1. The van der Waals surface area contributed by atoms with E-state index in [0.29, 0.717) is 29.2 Å². The molecule has 2 N–H and O–H groups in total. The lowest BCUT2D eigenvalue weighted by molar-refractivity contribution is 0.263. The van der Waals surface area contributed by atoms with Crippen LogP contribution in [0.2, 0.25) is 0 Å². The predicted octanol–water partition coefficient (Wildman–Crippen LogP) is 4.05. The maximum Gasteiger partial charge on any atom is 0.162 e. The fraction of sp³-hybridized carbons (Fsp3) is 0.364. The highest BCUT2D eigenvalue weighted by Crippen LogP contribution is 2.34. The highest BCUT2D eigenvalue weighted by molar-refractivity contribution is 5.92. The van der Waals surface area contributed by atoms with Crippen molar-refractivity contribution in [3.05, 3.63) is 42.0 Å². The highest BCUT2D eigenvalue weighted by Gasteiger charge is 2.19. The molecule has 1 aliphatic rings. The van der Waals surface area contributed by atoms with Crippen molar-refractivity contribution in [2.24, 2.45) is 0 Å². The fourth-order valence-corrected chi connectivity index (χ4v) is 3.86. The molecule has 0 saturated carbocycles. The van der Waals surface area contributed by atoms with E-state index < -0.39 is 0 Å². The molecule has 1 aliphatic heterocycles. The Morgan fingerprint density at radius 1 is 0.964 bits per heavy atom. The third kappa shape index (κ3) is 3.36. The van der Waals surface area contributed by atoms with Gasteiger partial charge in [-0.25, -0.2) is 9.97 Å². The average molecular weight is 378 g/mol. The Bertz CT molecular complexity index is 982. The number of nitrogens with zero attached hydrogens (tertiary/aromatic N) is 3. The Morgan fingerprint density at radius 3 is 2.25 bits per heavy atom. The molecule has 2 aromatic carbocycles. The number of likely N-dealkylation sites (tertiary alicyclic amines) is 1. The fourth-order valence-electron chi connectivity index (χ4n) is 3.86. The second-order valence-corrected chi connectivity index (χ2v) is 7.20. The van der Waals surface area contributed by atoms with Gasteiger partial charge in [-0.05, 0) is 44.5 Å². The van der Waals surface area contributed by atoms with Crippen LogP contribution >= 0.6 is 0 Å². The molecule has 6 nitrogen and oxygen atoms in total. The summed E-state index contributed by atoms with van der Waals surface area (Å²) in [5.74, 6) is 2.26. The van der Waals surface area contributed by atoms with E-state index in [-0.39, 0.29) is 0 Å². The van der Waals surface area contributed by atoms with E-state index in [1.165, 1.54) is 31.5 Å². The van der Waals surface area contributed by atoms with Gasteiger partial charge < -0.3 is 15.2 Å². The quantitative estimate of drug-likeness (QED) is 0.722. The van der Waals surface area contributed by atoms with Crippen LogP contribution in [0.5, 0.6) is 11.5 Å². The molecule has 0 aliphatic carbocycles. The molecule has 4 rings (SSSR count). The van der Waals surface area contributed by atoms with E-state index in [1.54, 1.807) is 14.2 Å². The van der Waals surface area contributed by atoms with Crippen molar-refractivity contribution in [2.75, 3.05) is 33.0 Å². The molecule has 3 aromatic rings. The lowest BCUT2D eigenvalue weighted by atomic mass is 10.0. The SMILES string of the molecule is COc1cc2nc(-c3ccc(C(C)N4CCCC4)cc3)nc(N)c2cc1OC. The Morgan fingerprint density at radius 2 is 1.61 bits per heavy atom. The first kappa shape index (κ1) is 18.5. The van der Waals surface area contributed by atoms with Crippen LogP contribution in [-0.4, -0.2) is 42.2 Å². The molecule has 0 spiro atoms. The van der Waals surface area contributed by atoms with Gasteiger partial charge in [0.15, 0.2) is 17.3 Å². The van der Waals surface area contributed by atoms with Crippen molar-refractivity contribution in [1.82, 2.24) is 14.9 Å². The van der Waals surface area contributed by atoms with Crippen molar-refractivity contribution in [3.63, 3.8) is 0 Å². The summed E-state index contributed by atoms with van der Waals surface area (Å²) < 4.78 is 10.7. The molecule has 1 aromatic heterocycles. The minimum atomic E-state index is 0.426. The molecule has 6 heteroatoms. The zero-order chi connectivity index (χ0) is 19.7. The van der Waals surface area contributed by atoms with Crippen molar-refractivity contribution >= 4 is 16.7 Å². The average Bonchev–Trinajstić information content (AvgIpc) is 3.27. The van der Waals surface area contributed by atoms with Gasteiger partial charge in [-0.3, -0.25) is 4.90 Å². The first-order valence-electron chi connectivity index (χ1n) is 9.64. The minimum Gasteiger partial charge on any atom is -0.493 e. The van der Waals surface area contributed by atoms with Gasteiger partial charge in [0.1, 0.15) is 5.82 Å². The van der Waals surface area contributed by atoms with Gasteiger partial charge >= 0.3 is 0 Å². The maximum atomic E-state index is 6.22. The number of aromatic nitrogens is 2. The van der Waals surface area contributed by atoms with Gasteiger partial charge in [-0.15, -0.1) is 0 Å². The summed E-state index contributed by atoms with van der Waals surface area (Å²) in [5, 5.41) is 0.751. The van der Waals surface area contributed by atoms with E-state index in [9.17, 15) is 0 Å². The topological polar surface area (TPSA) is 73.5 Å². The molecular weight excluding hydrogens is 352 g/mol. The zero-order valence-corrected chi connectivity index (χ0v) is 16.6. The summed E-state index contributed by atoms with van der Waals surface area (Å²) in [6.45, 7) is 4.63. The van der Waals surface area contributed by atoms with Gasteiger partial charge in [0.05, 0.1) is 19.7 Å². The molecule has 1 fully saturated rings. The normalized spacial score (nSPS) is 15.7. The van der Waals surface area contributed by atoms with Crippen LogP contribution in [-0.2, 0) is 0 Å². The molecule has 146 valence electrons. The Labute approximate surface area is 165 Å². The van der Waals surface area contributed by atoms with Crippen molar-refractivity contribution in [2.45, 2.75) is 25.8 Å². The summed E-state index contributed by atoms with van der Waals surface area (Å²) in [4.78, 5) is 11.7. The number of benzene rings is 2. The number of ether oxygens (including phenoxy) is 2. The predicted molar refractivity (Wildman–Crippen MR) is 112 cm³/mol. The Balaban J connectivity index is 1.68. The van der Waals surface area contributed by atoms with E-state index in [2.05, 4.69) is 41.1 Å². The number of hydrogen-bond acceptors (Lipinski definition) is 6. The van der Waals surface area contributed by atoms with Crippen LogP contribution in [0.4, 0.5) is 5.82 Å². The lowest BCUT2D eigenvalue weighted by Gasteiger charge is -2.24. The number of rotatable bonds is 5. The molecule has 1 saturated heterocycles. The molecular formula is C22H26N4O2. The number of methoxy groups -OCH3 is 2. The van der Waals surface area contributed by atoms with Crippen LogP contribution in [0.25, 0.3) is 22.3 Å². The third-order valence-corrected chi connectivity index (χ3v) is 5.57. The molecule has 2 heterocycles. The van der Waals surface area contributed by atoms with Crippen LogP contribution in [0, 0.1) is 0 Å². The van der Waals surface area contributed by atoms with E-state index in [4.69, 9.17) is 20.2 Å². The summed E-state index contributed by atoms with van der Waals surface area (Å²) >= 11 is 0. The molecule has 0 amide bonds. The van der Waals surface area contributed by atoms with Crippen LogP contribution in [0.1, 0.15) is 31.4 Å². The minimum absolute atomic E-state index is 0.426. The van der Waals surface area contributed by atoms with Crippen LogP contribution in [0.3, 0.4) is 0 Å². The van der Waals surface area contributed by atoms with E-state index >= 15 is 0 Å². The smallest absolute Gasteiger partial charge is 0.162 e. The molecule has 1 atom stereocenters. The summed E-state index contributed by atoms with van der Waals surface area (Å²) in [6.07, 6.45) is 2.59. The third-order valence-electron chi connectivity index (χ3n) is 5.57. The molecule has 0 bridgehead atoms. The Kier molecular flexibility index (Phi) is 5.05. The highest BCUT2D eigenvalue weighted by atomic mass is 16.5. The first-order chi connectivity index (χ1) is 13.6. The van der Waals surface area contributed by atoms with Crippen LogP contribution in [0.15, 0.2) is 36.4 Å². The Hall–Kier alpha value is -2.86. The molecule has 1 unspecified atom stereocenters. The standard InChI is InChI=1S/C22H26N4O2/c1-14(26-10-4-5-11-26)15-6-8-16(9-7-15)22-24-18-13-20(28-3)19(27-2)12-17(18)21(23)25-22/h6-9,12-14H,4-5,10-11H2,1-3H3,(H2,23,24,25). The van der Waals surface area contributed by atoms with Crippen molar-refractivity contribution < 1.29 is 9.47 Å². The van der Waals surface area contributed by atoms with Gasteiger partial charge in [0, 0.05) is 23.1 Å². The van der Waals surface area contributed by atoms with Gasteiger partial charge in [-0.2, -0.15) is 0 Å². The summed E-state index contributed by atoms with van der Waals surface area (Å²) in [7, 11) is 3.20. The second kappa shape index (κ2) is 7.64. The zero-order valence-electron chi connectivity index (χ0n) is 16.6. The van der Waals surface area contributed by atoms with Gasteiger partial charge in [-0.1, -0.05) is 24.3 Å². The number of nitrogen functional groups attached to an aromatic ring is 1. The number of nitrogens with two attached hydrogens (primary N) is 1. The summed E-state index contributed by atoms with van der Waals surface area (Å²) in [6, 6.07) is 12.5. The lowest BCUT2D eigenvalue weighted by Crippen LogP contribution is -2.23.